The number of aromatic nitrogens is 4. The minimum atomic E-state index is -0.265. The molecule has 0 unspecified atom stereocenters. The molecule has 4 rings (SSSR count). The van der Waals surface area contributed by atoms with Crippen LogP contribution in [-0.2, 0) is 11.8 Å². The Morgan fingerprint density at radius 2 is 2.07 bits per heavy atom. The Bertz CT molecular complexity index is 1070. The summed E-state index contributed by atoms with van der Waals surface area (Å²) >= 11 is 1.39. The van der Waals surface area contributed by atoms with Gasteiger partial charge in [0.15, 0.2) is 5.16 Å². The van der Waals surface area contributed by atoms with E-state index in [4.69, 9.17) is 0 Å². The number of benzene rings is 1. The van der Waals surface area contributed by atoms with Crippen LogP contribution in [0.5, 0.6) is 0 Å². The van der Waals surface area contributed by atoms with E-state index in [1.54, 1.807) is 13.1 Å². The van der Waals surface area contributed by atoms with Crippen LogP contribution in [0.1, 0.15) is 26.7 Å². The molecular weight excluding hydrogens is 362 g/mol. The molecule has 0 aliphatic carbocycles. The van der Waals surface area contributed by atoms with Crippen LogP contribution >= 0.6 is 11.8 Å². The molecule has 1 aliphatic heterocycles. The van der Waals surface area contributed by atoms with Gasteiger partial charge >= 0.3 is 0 Å². The number of hydrogen-bond acceptors (Lipinski definition) is 5. The van der Waals surface area contributed by atoms with Crippen molar-refractivity contribution in [2.45, 2.75) is 37.1 Å². The molecule has 0 saturated carbocycles. The maximum Gasteiger partial charge on any atom is 0.262 e. The predicted octanol–water partition coefficient (Wildman–Crippen LogP) is 2.32. The summed E-state index contributed by atoms with van der Waals surface area (Å²) in [5, 5.41) is 9.44. The Morgan fingerprint density at radius 1 is 1.30 bits per heavy atom. The van der Waals surface area contributed by atoms with E-state index >= 15 is 0 Å². The van der Waals surface area contributed by atoms with Crippen molar-refractivity contribution in [1.82, 2.24) is 24.1 Å². The normalized spacial score (nSPS) is 18.9. The first-order valence-corrected chi connectivity index (χ1v) is 10.1. The highest BCUT2D eigenvalue weighted by Gasteiger charge is 2.27. The molecule has 1 aromatic carbocycles. The fourth-order valence-corrected chi connectivity index (χ4v) is 4.68. The van der Waals surface area contributed by atoms with Gasteiger partial charge in [0.05, 0.1) is 16.2 Å². The van der Waals surface area contributed by atoms with Crippen molar-refractivity contribution < 1.29 is 4.79 Å². The van der Waals surface area contributed by atoms with E-state index in [2.05, 4.69) is 17.1 Å². The van der Waals surface area contributed by atoms with Crippen LogP contribution < -0.4 is 5.56 Å². The third-order valence-corrected chi connectivity index (χ3v) is 6.23. The molecule has 3 aromatic rings. The number of aryl methyl sites for hydroxylation is 1. The number of piperidine rings is 1. The second kappa shape index (κ2) is 6.99. The van der Waals surface area contributed by atoms with Crippen LogP contribution in [0.4, 0.5) is 0 Å². The Labute approximate surface area is 161 Å². The van der Waals surface area contributed by atoms with Crippen molar-refractivity contribution in [1.29, 1.82) is 0 Å². The summed E-state index contributed by atoms with van der Waals surface area (Å²) in [5.41, 5.74) is 0.655. The number of carbonyl (C=O) groups is 1. The van der Waals surface area contributed by atoms with E-state index in [0.717, 1.165) is 25.0 Å². The maximum atomic E-state index is 12.9. The van der Waals surface area contributed by atoms with Gasteiger partial charge in [-0.1, -0.05) is 30.8 Å². The minimum Gasteiger partial charge on any atom is -0.341 e. The molecule has 0 N–H and O–H groups in total. The standard InChI is InChI=1S/C19H23N5O2S/c1-12-7-6-10-23(11-12)16(25)13(2)27-19-21-20-18-22(3)17(26)14-8-4-5-9-15(14)24(18)19/h4-5,8-9,12-13H,6-7,10-11H2,1-3H3/t12-,13+/m0/s1. The SMILES string of the molecule is C[C@H]1CCCN(C(=O)[C@@H](C)Sc2nnc3n(C)c(=O)c4ccccc4n23)C1. The lowest BCUT2D eigenvalue weighted by Gasteiger charge is -2.32. The molecule has 0 spiro atoms. The lowest BCUT2D eigenvalue weighted by molar-refractivity contribution is -0.131. The van der Waals surface area contributed by atoms with Gasteiger partial charge in [-0.25, -0.2) is 0 Å². The molecule has 1 amide bonds. The highest BCUT2D eigenvalue weighted by molar-refractivity contribution is 8.00. The van der Waals surface area contributed by atoms with Crippen LogP contribution in [0, 0.1) is 5.92 Å². The van der Waals surface area contributed by atoms with E-state index in [-0.39, 0.29) is 16.7 Å². The van der Waals surface area contributed by atoms with Crippen molar-refractivity contribution in [2.75, 3.05) is 13.1 Å². The summed E-state index contributed by atoms with van der Waals surface area (Å²) in [5.74, 6) is 1.16. The third kappa shape index (κ3) is 3.12. The van der Waals surface area contributed by atoms with Crippen molar-refractivity contribution in [3.63, 3.8) is 0 Å². The van der Waals surface area contributed by atoms with Crippen LogP contribution in [0.2, 0.25) is 0 Å². The second-order valence-electron chi connectivity index (χ2n) is 7.29. The minimum absolute atomic E-state index is 0.103. The largest absolute Gasteiger partial charge is 0.341 e. The molecule has 7 nitrogen and oxygen atoms in total. The van der Waals surface area contributed by atoms with Gasteiger partial charge in [-0.3, -0.25) is 18.6 Å². The van der Waals surface area contributed by atoms with Crippen LogP contribution in [0.3, 0.4) is 0 Å². The molecule has 2 aromatic heterocycles. The molecule has 1 aliphatic rings. The molecule has 142 valence electrons. The first-order valence-electron chi connectivity index (χ1n) is 9.25. The van der Waals surface area contributed by atoms with Crippen molar-refractivity contribution in [3.8, 4) is 0 Å². The van der Waals surface area contributed by atoms with Gasteiger partial charge in [0.2, 0.25) is 11.7 Å². The molecular formula is C19H23N5O2S. The smallest absolute Gasteiger partial charge is 0.262 e. The van der Waals surface area contributed by atoms with E-state index in [9.17, 15) is 9.59 Å². The van der Waals surface area contributed by atoms with Crippen LogP contribution in [-0.4, -0.2) is 48.3 Å². The van der Waals surface area contributed by atoms with E-state index < -0.39 is 0 Å². The number of nitrogens with zero attached hydrogens (tertiary/aromatic N) is 5. The number of hydrogen-bond donors (Lipinski definition) is 0. The average Bonchev–Trinajstić information content (AvgIpc) is 3.09. The highest BCUT2D eigenvalue weighted by atomic mass is 32.2. The number of fused-ring (bicyclic) bond motifs is 3. The summed E-state index contributed by atoms with van der Waals surface area (Å²) in [6.45, 7) is 5.75. The van der Waals surface area contributed by atoms with Gasteiger partial charge in [0.1, 0.15) is 0 Å². The topological polar surface area (TPSA) is 72.5 Å². The monoisotopic (exact) mass is 385 g/mol. The molecule has 3 heterocycles. The fourth-order valence-electron chi connectivity index (χ4n) is 3.74. The number of para-hydroxylation sites is 1. The highest BCUT2D eigenvalue weighted by Crippen LogP contribution is 2.27. The number of carbonyl (C=O) groups excluding carboxylic acids is 1. The number of thioether (sulfide) groups is 1. The molecule has 1 saturated heterocycles. The van der Waals surface area contributed by atoms with Gasteiger partial charge in [-0.15, -0.1) is 10.2 Å². The van der Waals surface area contributed by atoms with E-state index in [1.807, 2.05) is 34.4 Å². The zero-order valence-electron chi connectivity index (χ0n) is 15.8. The molecule has 8 heteroatoms. The lowest BCUT2D eigenvalue weighted by atomic mass is 10.0. The Morgan fingerprint density at radius 3 is 2.85 bits per heavy atom. The summed E-state index contributed by atoms with van der Waals surface area (Å²) < 4.78 is 3.36. The average molecular weight is 385 g/mol. The fraction of sp³-hybridized carbons (Fsp3) is 0.474. The summed E-state index contributed by atoms with van der Waals surface area (Å²) in [7, 11) is 1.69. The second-order valence-corrected chi connectivity index (χ2v) is 8.60. The van der Waals surface area contributed by atoms with Crippen LogP contribution in [0.15, 0.2) is 34.2 Å². The summed E-state index contributed by atoms with van der Waals surface area (Å²) in [6, 6.07) is 7.42. The number of rotatable bonds is 3. The number of likely N-dealkylation sites (tertiary alicyclic amines) is 1. The maximum absolute atomic E-state index is 12.9. The Hall–Kier alpha value is -2.35. The zero-order chi connectivity index (χ0) is 19.1. The van der Waals surface area contributed by atoms with Gasteiger partial charge < -0.3 is 4.90 Å². The molecule has 0 bridgehead atoms. The molecule has 27 heavy (non-hydrogen) atoms. The Kier molecular flexibility index (Phi) is 4.67. The van der Waals surface area contributed by atoms with E-state index in [0.29, 0.717) is 22.2 Å². The van der Waals surface area contributed by atoms with Crippen molar-refractivity contribution >= 4 is 34.3 Å². The lowest BCUT2D eigenvalue weighted by Crippen LogP contribution is -2.42. The van der Waals surface area contributed by atoms with Gasteiger partial charge in [0.25, 0.3) is 5.56 Å². The zero-order valence-corrected chi connectivity index (χ0v) is 16.6. The summed E-state index contributed by atoms with van der Waals surface area (Å²) in [4.78, 5) is 27.4. The quantitative estimate of drug-likeness (QED) is 0.647. The molecule has 2 atom stereocenters. The van der Waals surface area contributed by atoms with Crippen molar-refractivity contribution in [3.05, 3.63) is 34.6 Å². The predicted molar refractivity (Wildman–Crippen MR) is 106 cm³/mol. The van der Waals surface area contributed by atoms with Gasteiger partial charge in [-0.05, 0) is 37.8 Å². The van der Waals surface area contributed by atoms with Crippen molar-refractivity contribution in [2.24, 2.45) is 13.0 Å². The first-order chi connectivity index (χ1) is 13.0. The Balaban J connectivity index is 1.70. The third-order valence-electron chi connectivity index (χ3n) is 5.19. The van der Waals surface area contributed by atoms with Gasteiger partial charge in [-0.2, -0.15) is 0 Å². The van der Waals surface area contributed by atoms with Gasteiger partial charge in [0, 0.05) is 20.1 Å². The molecule has 1 fully saturated rings. The number of amides is 1. The van der Waals surface area contributed by atoms with E-state index in [1.165, 1.54) is 22.7 Å². The molecule has 0 radical (unpaired) electrons. The summed E-state index contributed by atoms with van der Waals surface area (Å²) in [6.07, 6.45) is 2.24. The first kappa shape index (κ1) is 18.0. The van der Waals surface area contributed by atoms with Crippen LogP contribution in [0.25, 0.3) is 16.7 Å².